The average molecular weight is 393 g/mol. The molecule has 5 heteroatoms. The number of hydrogen-bond donors (Lipinski definition) is 1. The first-order valence-corrected chi connectivity index (χ1v) is 10.5. The lowest BCUT2D eigenvalue weighted by molar-refractivity contribution is -0.137. The van der Waals surface area contributed by atoms with Gasteiger partial charge in [-0.1, -0.05) is 51.0 Å². The summed E-state index contributed by atoms with van der Waals surface area (Å²) in [4.78, 5) is 22.5. The van der Waals surface area contributed by atoms with Crippen molar-refractivity contribution in [2.75, 3.05) is 6.61 Å². The number of unbranched alkanes of at least 4 members (excludes halogenated alkanes) is 8. The lowest BCUT2D eigenvalue weighted by atomic mass is 10.1. The van der Waals surface area contributed by atoms with Crippen molar-refractivity contribution >= 4 is 11.9 Å². The summed E-state index contributed by atoms with van der Waals surface area (Å²) in [6, 6.07) is 7.14. The molecule has 0 bridgehead atoms. The highest BCUT2D eigenvalue weighted by Crippen LogP contribution is 2.18. The Morgan fingerprint density at radius 2 is 1.46 bits per heavy atom. The quantitative estimate of drug-likeness (QED) is 0.310. The minimum absolute atomic E-state index is 0.292. The number of esters is 1. The SMILES string of the molecule is CC(C)(C)OC(=O)c1cccc(OCCCCCCCCCCCC(=O)O)c1. The van der Waals surface area contributed by atoms with Crippen LogP contribution in [0.2, 0.25) is 0 Å². The first kappa shape index (κ1) is 24.0. The van der Waals surface area contributed by atoms with Crippen LogP contribution in [-0.2, 0) is 9.53 Å². The highest BCUT2D eigenvalue weighted by atomic mass is 16.6. The normalized spacial score (nSPS) is 11.2. The Hall–Kier alpha value is -2.04. The molecule has 5 nitrogen and oxygen atoms in total. The van der Waals surface area contributed by atoms with Crippen molar-refractivity contribution in [2.45, 2.75) is 90.6 Å². The molecule has 1 rings (SSSR count). The lowest BCUT2D eigenvalue weighted by Crippen LogP contribution is -2.23. The second kappa shape index (κ2) is 13.2. The average Bonchev–Trinajstić information content (AvgIpc) is 2.61. The van der Waals surface area contributed by atoms with E-state index in [1.54, 1.807) is 12.1 Å². The van der Waals surface area contributed by atoms with E-state index in [9.17, 15) is 9.59 Å². The van der Waals surface area contributed by atoms with Gasteiger partial charge in [0.05, 0.1) is 12.2 Å². The van der Waals surface area contributed by atoms with Crippen LogP contribution in [-0.4, -0.2) is 29.3 Å². The van der Waals surface area contributed by atoms with Gasteiger partial charge in [-0.25, -0.2) is 4.79 Å². The number of benzene rings is 1. The van der Waals surface area contributed by atoms with Crippen LogP contribution in [0.5, 0.6) is 5.75 Å². The van der Waals surface area contributed by atoms with E-state index in [1.807, 2.05) is 32.9 Å². The molecule has 0 saturated carbocycles. The van der Waals surface area contributed by atoms with Gasteiger partial charge in [-0.15, -0.1) is 0 Å². The molecule has 0 spiro atoms. The van der Waals surface area contributed by atoms with Crippen LogP contribution >= 0.6 is 0 Å². The van der Waals surface area contributed by atoms with Crippen LogP contribution in [0.4, 0.5) is 0 Å². The number of carbonyl (C=O) groups excluding carboxylic acids is 1. The number of rotatable bonds is 14. The van der Waals surface area contributed by atoms with Crippen molar-refractivity contribution in [3.63, 3.8) is 0 Å². The molecule has 0 unspecified atom stereocenters. The summed E-state index contributed by atoms with van der Waals surface area (Å²) in [5.74, 6) is -0.329. The predicted octanol–water partition coefficient (Wildman–Crippen LogP) is 6.01. The monoisotopic (exact) mass is 392 g/mol. The Kier molecular flexibility index (Phi) is 11.3. The molecule has 0 amide bonds. The maximum atomic E-state index is 12.1. The molecule has 0 heterocycles. The highest BCUT2D eigenvalue weighted by Gasteiger charge is 2.18. The van der Waals surface area contributed by atoms with Crippen LogP contribution in [0.1, 0.15) is 95.3 Å². The Bertz CT molecular complexity index is 589. The Balaban J connectivity index is 2.08. The van der Waals surface area contributed by atoms with E-state index < -0.39 is 11.6 Å². The van der Waals surface area contributed by atoms with Crippen molar-refractivity contribution in [3.05, 3.63) is 29.8 Å². The third-order valence-corrected chi connectivity index (χ3v) is 4.27. The van der Waals surface area contributed by atoms with Crippen molar-refractivity contribution < 1.29 is 24.2 Å². The van der Waals surface area contributed by atoms with Crippen LogP contribution in [0.25, 0.3) is 0 Å². The summed E-state index contributed by atoms with van der Waals surface area (Å²) in [6.07, 6.45) is 10.2. The van der Waals surface area contributed by atoms with Crippen LogP contribution in [0, 0.1) is 0 Å². The molecule has 0 fully saturated rings. The summed E-state index contributed by atoms with van der Waals surface area (Å²) < 4.78 is 11.1. The van der Waals surface area contributed by atoms with Gasteiger partial charge in [-0.2, -0.15) is 0 Å². The summed E-state index contributed by atoms with van der Waals surface area (Å²) in [5, 5.41) is 8.58. The molecule has 0 atom stereocenters. The van der Waals surface area contributed by atoms with Crippen molar-refractivity contribution in [3.8, 4) is 5.75 Å². The van der Waals surface area contributed by atoms with Crippen LogP contribution < -0.4 is 4.74 Å². The van der Waals surface area contributed by atoms with E-state index in [4.69, 9.17) is 14.6 Å². The number of carboxylic acids is 1. The van der Waals surface area contributed by atoms with Crippen LogP contribution in [0.3, 0.4) is 0 Å². The van der Waals surface area contributed by atoms with E-state index >= 15 is 0 Å². The topological polar surface area (TPSA) is 72.8 Å². The fourth-order valence-electron chi connectivity index (χ4n) is 2.86. The van der Waals surface area contributed by atoms with Gasteiger partial charge in [0, 0.05) is 6.42 Å². The third kappa shape index (κ3) is 12.4. The van der Waals surface area contributed by atoms with Crippen molar-refractivity contribution in [1.82, 2.24) is 0 Å². The molecule has 1 N–H and O–H groups in total. The number of carboxylic acid groups (broad SMARTS) is 1. The minimum Gasteiger partial charge on any atom is -0.494 e. The van der Waals surface area contributed by atoms with Gasteiger partial charge in [-0.3, -0.25) is 4.79 Å². The molecule has 0 aliphatic carbocycles. The Morgan fingerprint density at radius 3 is 2.04 bits per heavy atom. The van der Waals surface area contributed by atoms with Gasteiger partial charge >= 0.3 is 11.9 Å². The molecule has 1 aromatic carbocycles. The molecule has 0 aliphatic rings. The second-order valence-electron chi connectivity index (χ2n) is 8.20. The molecule has 0 aliphatic heterocycles. The first-order chi connectivity index (χ1) is 13.3. The van der Waals surface area contributed by atoms with Crippen molar-refractivity contribution in [1.29, 1.82) is 0 Å². The molecule has 28 heavy (non-hydrogen) atoms. The number of hydrogen-bond acceptors (Lipinski definition) is 4. The summed E-state index contributed by atoms with van der Waals surface area (Å²) in [5.41, 5.74) is 0.00246. The first-order valence-electron chi connectivity index (χ1n) is 10.5. The summed E-state index contributed by atoms with van der Waals surface area (Å²) in [6.45, 7) is 6.20. The molecule has 0 saturated heterocycles. The molecular weight excluding hydrogens is 356 g/mol. The van der Waals surface area contributed by atoms with Gasteiger partial charge in [0.1, 0.15) is 11.4 Å². The smallest absolute Gasteiger partial charge is 0.338 e. The largest absolute Gasteiger partial charge is 0.494 e. The second-order valence-corrected chi connectivity index (χ2v) is 8.20. The van der Waals surface area contributed by atoms with Gasteiger partial charge in [0.2, 0.25) is 0 Å². The van der Waals surface area contributed by atoms with E-state index in [1.165, 1.54) is 25.7 Å². The number of ether oxygens (including phenoxy) is 2. The predicted molar refractivity (Wildman–Crippen MR) is 111 cm³/mol. The molecule has 0 radical (unpaired) electrons. The Labute approximate surface area is 169 Å². The van der Waals surface area contributed by atoms with E-state index in [0.717, 1.165) is 32.1 Å². The zero-order valence-electron chi connectivity index (χ0n) is 17.7. The molecule has 0 aromatic heterocycles. The Morgan fingerprint density at radius 1 is 0.893 bits per heavy atom. The molecule has 158 valence electrons. The fourth-order valence-corrected chi connectivity index (χ4v) is 2.86. The van der Waals surface area contributed by atoms with Gasteiger partial charge in [0.25, 0.3) is 0 Å². The minimum atomic E-state index is -0.696. The summed E-state index contributed by atoms with van der Waals surface area (Å²) >= 11 is 0. The fraction of sp³-hybridized carbons (Fsp3) is 0.652. The zero-order chi connectivity index (χ0) is 20.8. The van der Waals surface area contributed by atoms with E-state index in [-0.39, 0.29) is 5.97 Å². The maximum absolute atomic E-state index is 12.1. The molecule has 1 aromatic rings. The van der Waals surface area contributed by atoms with E-state index in [0.29, 0.717) is 24.3 Å². The van der Waals surface area contributed by atoms with E-state index in [2.05, 4.69) is 0 Å². The maximum Gasteiger partial charge on any atom is 0.338 e. The zero-order valence-corrected chi connectivity index (χ0v) is 17.7. The third-order valence-electron chi connectivity index (χ3n) is 4.27. The molecular formula is C23H36O5. The lowest BCUT2D eigenvalue weighted by Gasteiger charge is -2.19. The van der Waals surface area contributed by atoms with Crippen LogP contribution in [0.15, 0.2) is 24.3 Å². The number of carbonyl (C=O) groups is 2. The standard InChI is InChI=1S/C23H36O5/c1-23(2,3)28-22(26)19-14-13-15-20(18-19)27-17-12-10-8-6-4-5-7-9-11-16-21(24)25/h13-15,18H,4-12,16-17H2,1-3H3,(H,24,25). The number of aliphatic carboxylic acids is 1. The van der Waals surface area contributed by atoms with Gasteiger partial charge < -0.3 is 14.6 Å². The van der Waals surface area contributed by atoms with Gasteiger partial charge in [0.15, 0.2) is 0 Å². The van der Waals surface area contributed by atoms with Gasteiger partial charge in [-0.05, 0) is 51.8 Å². The summed E-state index contributed by atoms with van der Waals surface area (Å²) in [7, 11) is 0. The highest BCUT2D eigenvalue weighted by molar-refractivity contribution is 5.90. The van der Waals surface area contributed by atoms with Crippen molar-refractivity contribution in [2.24, 2.45) is 0 Å².